The lowest BCUT2D eigenvalue weighted by molar-refractivity contribution is -0.144. The molecule has 0 aliphatic rings. The summed E-state index contributed by atoms with van der Waals surface area (Å²) < 4.78 is 10.8. The van der Waals surface area contributed by atoms with E-state index in [0.717, 1.165) is 5.56 Å². The maximum absolute atomic E-state index is 11.8. The minimum absolute atomic E-state index is 0.331. The molecule has 2 aromatic rings. The van der Waals surface area contributed by atoms with Gasteiger partial charge in [-0.2, -0.15) is 10.2 Å². The van der Waals surface area contributed by atoms with E-state index in [2.05, 4.69) is 10.2 Å². The van der Waals surface area contributed by atoms with Gasteiger partial charge in [0.05, 0.1) is 12.8 Å². The molecule has 2 rings (SSSR count). The lowest BCUT2D eigenvalue weighted by Crippen LogP contribution is -2.16. The number of hydrogen-bond acceptors (Lipinski definition) is 5. The van der Waals surface area contributed by atoms with E-state index in [4.69, 9.17) is 9.47 Å². The van der Waals surface area contributed by atoms with Gasteiger partial charge < -0.3 is 9.47 Å². The summed E-state index contributed by atoms with van der Waals surface area (Å²) in [6, 6.07) is 11.5. The fraction of sp³-hybridized carbons (Fsp3) is 0.312. The maximum atomic E-state index is 11.8. The second-order valence-corrected chi connectivity index (χ2v) is 4.53. The van der Waals surface area contributed by atoms with Gasteiger partial charge in [-0.3, -0.25) is 4.79 Å². The second-order valence-electron chi connectivity index (χ2n) is 4.53. The highest BCUT2D eigenvalue weighted by atomic mass is 16.5. The van der Waals surface area contributed by atoms with Crippen LogP contribution in [0.5, 0.6) is 5.75 Å². The normalized spacial score (nSPS) is 11.7. The summed E-state index contributed by atoms with van der Waals surface area (Å²) in [4.78, 5) is 11.8. The van der Waals surface area contributed by atoms with Gasteiger partial charge in [-0.15, -0.1) is 0 Å². The molecule has 5 nitrogen and oxygen atoms in total. The van der Waals surface area contributed by atoms with E-state index in [0.29, 0.717) is 24.7 Å². The van der Waals surface area contributed by atoms with Crippen LogP contribution in [0.25, 0.3) is 0 Å². The number of nitrogens with zero attached hydrogens (tertiary/aromatic N) is 2. The Morgan fingerprint density at radius 3 is 2.71 bits per heavy atom. The monoisotopic (exact) mass is 286 g/mol. The summed E-state index contributed by atoms with van der Waals surface area (Å²) in [5.74, 6) is -0.290. The minimum atomic E-state index is -0.510. The van der Waals surface area contributed by atoms with Gasteiger partial charge in [0.2, 0.25) is 0 Å². The van der Waals surface area contributed by atoms with Gasteiger partial charge in [-0.05, 0) is 19.4 Å². The first-order valence-corrected chi connectivity index (χ1v) is 6.87. The highest BCUT2D eigenvalue weighted by molar-refractivity contribution is 5.77. The smallest absolute Gasteiger partial charge is 0.314 e. The van der Waals surface area contributed by atoms with Crippen molar-refractivity contribution >= 4 is 5.97 Å². The number of ether oxygens (including phenoxy) is 2. The first-order chi connectivity index (χ1) is 10.2. The first kappa shape index (κ1) is 15.0. The molecule has 0 amide bonds. The Kier molecular flexibility index (Phi) is 5.26. The standard InChI is InChI=1S/C16H18N2O3/c1-3-20-16(19)12(2)15-14(9-10-17-18-15)21-11-13-7-5-4-6-8-13/h4-10,12H,3,11H2,1-2H3. The molecule has 1 atom stereocenters. The van der Waals surface area contributed by atoms with Crippen molar-refractivity contribution < 1.29 is 14.3 Å². The van der Waals surface area contributed by atoms with Gasteiger partial charge in [0.25, 0.3) is 0 Å². The van der Waals surface area contributed by atoms with Crippen LogP contribution in [0.1, 0.15) is 31.0 Å². The Morgan fingerprint density at radius 1 is 1.24 bits per heavy atom. The molecule has 0 bridgehead atoms. The van der Waals surface area contributed by atoms with Crippen molar-refractivity contribution in [2.45, 2.75) is 26.4 Å². The third kappa shape index (κ3) is 4.02. The van der Waals surface area contributed by atoms with Crippen LogP contribution in [0, 0.1) is 0 Å². The van der Waals surface area contributed by atoms with E-state index in [-0.39, 0.29) is 5.97 Å². The summed E-state index contributed by atoms with van der Waals surface area (Å²) in [6.07, 6.45) is 1.54. The number of rotatable bonds is 6. The quantitative estimate of drug-likeness (QED) is 0.764. The Morgan fingerprint density at radius 2 is 2.00 bits per heavy atom. The zero-order valence-corrected chi connectivity index (χ0v) is 12.2. The lowest BCUT2D eigenvalue weighted by Gasteiger charge is -2.14. The Hall–Kier alpha value is -2.43. The average molecular weight is 286 g/mol. The average Bonchev–Trinajstić information content (AvgIpc) is 2.54. The Balaban J connectivity index is 2.11. The molecule has 0 aliphatic carbocycles. The topological polar surface area (TPSA) is 61.3 Å². The largest absolute Gasteiger partial charge is 0.487 e. The lowest BCUT2D eigenvalue weighted by atomic mass is 10.1. The Labute approximate surface area is 123 Å². The van der Waals surface area contributed by atoms with Crippen LogP contribution < -0.4 is 4.74 Å². The number of hydrogen-bond donors (Lipinski definition) is 0. The maximum Gasteiger partial charge on any atom is 0.314 e. The van der Waals surface area contributed by atoms with Crippen molar-refractivity contribution in [2.24, 2.45) is 0 Å². The highest BCUT2D eigenvalue weighted by Gasteiger charge is 2.22. The molecule has 1 heterocycles. The molecule has 0 aliphatic heterocycles. The van der Waals surface area contributed by atoms with Crippen LogP contribution >= 0.6 is 0 Å². The summed E-state index contributed by atoms with van der Waals surface area (Å²) in [6.45, 7) is 4.25. The van der Waals surface area contributed by atoms with Gasteiger partial charge >= 0.3 is 5.97 Å². The van der Waals surface area contributed by atoms with Crippen LogP contribution in [0.3, 0.4) is 0 Å². The molecule has 0 saturated carbocycles. The Bertz CT molecular complexity index is 587. The van der Waals surface area contributed by atoms with E-state index in [9.17, 15) is 4.79 Å². The molecular formula is C16H18N2O3. The number of esters is 1. The van der Waals surface area contributed by atoms with Gasteiger partial charge in [0.15, 0.2) is 0 Å². The molecule has 110 valence electrons. The van der Waals surface area contributed by atoms with Crippen LogP contribution in [-0.2, 0) is 16.1 Å². The SMILES string of the molecule is CCOC(=O)C(C)c1nnccc1OCc1ccccc1. The molecule has 0 spiro atoms. The van der Waals surface area contributed by atoms with Crippen molar-refractivity contribution in [3.63, 3.8) is 0 Å². The van der Waals surface area contributed by atoms with Gasteiger partial charge in [0.1, 0.15) is 24.0 Å². The van der Waals surface area contributed by atoms with E-state index >= 15 is 0 Å². The summed E-state index contributed by atoms with van der Waals surface area (Å²) in [5, 5.41) is 7.84. The molecule has 21 heavy (non-hydrogen) atoms. The van der Waals surface area contributed by atoms with E-state index in [1.54, 1.807) is 26.1 Å². The van der Waals surface area contributed by atoms with Crippen molar-refractivity contribution in [2.75, 3.05) is 6.61 Å². The van der Waals surface area contributed by atoms with Crippen molar-refractivity contribution in [3.05, 3.63) is 53.9 Å². The summed E-state index contributed by atoms with van der Waals surface area (Å²) in [7, 11) is 0. The zero-order chi connectivity index (χ0) is 15.1. The molecule has 1 aromatic carbocycles. The predicted octanol–water partition coefficient (Wildman–Crippen LogP) is 2.72. The van der Waals surface area contributed by atoms with Crippen molar-refractivity contribution in [1.29, 1.82) is 0 Å². The third-order valence-electron chi connectivity index (χ3n) is 3.00. The van der Waals surface area contributed by atoms with Gasteiger partial charge in [-0.25, -0.2) is 0 Å². The van der Waals surface area contributed by atoms with Gasteiger partial charge in [0, 0.05) is 6.07 Å². The van der Waals surface area contributed by atoms with Gasteiger partial charge in [-0.1, -0.05) is 30.3 Å². The molecule has 0 N–H and O–H groups in total. The van der Waals surface area contributed by atoms with E-state index in [1.165, 1.54) is 0 Å². The molecule has 1 aromatic heterocycles. The zero-order valence-electron chi connectivity index (χ0n) is 12.2. The fourth-order valence-corrected chi connectivity index (χ4v) is 1.87. The van der Waals surface area contributed by atoms with Crippen molar-refractivity contribution in [1.82, 2.24) is 10.2 Å². The number of benzene rings is 1. The summed E-state index contributed by atoms with van der Waals surface area (Å²) in [5.41, 5.74) is 1.54. The molecule has 5 heteroatoms. The third-order valence-corrected chi connectivity index (χ3v) is 3.00. The van der Waals surface area contributed by atoms with Crippen LogP contribution in [0.2, 0.25) is 0 Å². The van der Waals surface area contributed by atoms with Crippen LogP contribution in [-0.4, -0.2) is 22.8 Å². The van der Waals surface area contributed by atoms with Crippen LogP contribution in [0.4, 0.5) is 0 Å². The molecular weight excluding hydrogens is 268 g/mol. The molecule has 1 unspecified atom stereocenters. The number of aromatic nitrogens is 2. The molecule has 0 radical (unpaired) electrons. The highest BCUT2D eigenvalue weighted by Crippen LogP contribution is 2.25. The van der Waals surface area contributed by atoms with Crippen LogP contribution in [0.15, 0.2) is 42.6 Å². The minimum Gasteiger partial charge on any atom is -0.487 e. The number of carbonyl (C=O) groups excluding carboxylic acids is 1. The predicted molar refractivity (Wildman–Crippen MR) is 77.9 cm³/mol. The molecule has 0 fully saturated rings. The number of carbonyl (C=O) groups is 1. The van der Waals surface area contributed by atoms with E-state index in [1.807, 2.05) is 30.3 Å². The molecule has 0 saturated heterocycles. The van der Waals surface area contributed by atoms with E-state index < -0.39 is 5.92 Å². The first-order valence-electron chi connectivity index (χ1n) is 6.87. The fourth-order valence-electron chi connectivity index (χ4n) is 1.87. The summed E-state index contributed by atoms with van der Waals surface area (Å²) >= 11 is 0. The second kappa shape index (κ2) is 7.38. The van der Waals surface area contributed by atoms with Crippen molar-refractivity contribution in [3.8, 4) is 5.75 Å².